The van der Waals surface area contributed by atoms with Crippen LogP contribution in [0.1, 0.15) is 50.0 Å². The SMILES string of the molecule is NCC1CC2CC(C1)CC(c1cccc(OCCCO[N+](=O)[O-])c1)C2. The Kier molecular flexibility index (Phi) is 6.13. The van der Waals surface area contributed by atoms with Crippen molar-refractivity contribution in [1.82, 2.24) is 0 Å². The van der Waals surface area contributed by atoms with Crippen LogP contribution >= 0.6 is 0 Å². The zero-order valence-electron chi connectivity index (χ0n) is 14.6. The first-order chi connectivity index (χ1) is 12.1. The molecule has 2 saturated carbocycles. The number of fused-ring (bicyclic) bond motifs is 2. The molecule has 0 aliphatic heterocycles. The third kappa shape index (κ3) is 5.08. The second-order valence-corrected chi connectivity index (χ2v) is 7.54. The average Bonchev–Trinajstić information content (AvgIpc) is 2.60. The molecule has 0 amide bonds. The first-order valence-corrected chi connectivity index (χ1v) is 9.34. The summed E-state index contributed by atoms with van der Waals surface area (Å²) in [6.07, 6.45) is 6.96. The van der Waals surface area contributed by atoms with Gasteiger partial charge in [-0.1, -0.05) is 12.1 Å². The second kappa shape index (κ2) is 8.52. The number of rotatable bonds is 8. The average molecular weight is 348 g/mol. The fourth-order valence-corrected chi connectivity index (χ4v) is 4.70. The first-order valence-electron chi connectivity index (χ1n) is 9.34. The molecule has 2 bridgehead atoms. The van der Waals surface area contributed by atoms with Crippen molar-refractivity contribution >= 4 is 0 Å². The molecule has 2 atom stereocenters. The van der Waals surface area contributed by atoms with Crippen LogP contribution in [0.4, 0.5) is 0 Å². The summed E-state index contributed by atoms with van der Waals surface area (Å²) in [6.45, 7) is 1.33. The number of hydrogen-bond acceptors (Lipinski definition) is 5. The lowest BCUT2D eigenvalue weighted by molar-refractivity contribution is -0.757. The van der Waals surface area contributed by atoms with E-state index in [2.05, 4.69) is 17.0 Å². The van der Waals surface area contributed by atoms with Crippen LogP contribution in [0.15, 0.2) is 24.3 Å². The van der Waals surface area contributed by atoms with Crippen LogP contribution in [-0.2, 0) is 4.84 Å². The van der Waals surface area contributed by atoms with Gasteiger partial charge in [-0.2, -0.15) is 0 Å². The van der Waals surface area contributed by atoms with E-state index in [1.165, 1.54) is 37.7 Å². The predicted molar refractivity (Wildman–Crippen MR) is 94.9 cm³/mol. The molecule has 2 unspecified atom stereocenters. The highest BCUT2D eigenvalue weighted by atomic mass is 16.9. The normalized spacial score (nSPS) is 28.4. The Hall–Kier alpha value is -1.82. The summed E-state index contributed by atoms with van der Waals surface area (Å²) in [5, 5.41) is 9.34. The van der Waals surface area contributed by atoms with Crippen LogP contribution in [0, 0.1) is 27.9 Å². The standard InChI is InChI=1S/C19H28N2O4/c20-13-16-8-14-7-15(9-16)11-18(10-14)17-3-1-4-19(12-17)24-5-2-6-25-21(22)23/h1,3-4,12,14-16,18H,2,5-11,13,20H2. The number of hydrogen-bond donors (Lipinski definition) is 1. The van der Waals surface area contributed by atoms with Gasteiger partial charge in [0.05, 0.1) is 13.2 Å². The lowest BCUT2D eigenvalue weighted by atomic mass is 9.63. The molecule has 0 radical (unpaired) electrons. The van der Waals surface area contributed by atoms with Gasteiger partial charge >= 0.3 is 0 Å². The van der Waals surface area contributed by atoms with E-state index in [0.717, 1.165) is 30.0 Å². The van der Waals surface area contributed by atoms with Gasteiger partial charge in [0.2, 0.25) is 0 Å². The van der Waals surface area contributed by atoms with Crippen molar-refractivity contribution in [2.75, 3.05) is 19.8 Å². The van der Waals surface area contributed by atoms with Crippen molar-refractivity contribution in [2.45, 2.75) is 44.4 Å². The van der Waals surface area contributed by atoms with E-state index in [1.807, 2.05) is 12.1 Å². The fraction of sp³-hybridized carbons (Fsp3) is 0.684. The maximum atomic E-state index is 10.1. The molecular weight excluding hydrogens is 320 g/mol. The molecule has 1 aromatic carbocycles. The van der Waals surface area contributed by atoms with E-state index in [-0.39, 0.29) is 6.61 Å². The minimum absolute atomic E-state index is 0.0704. The Labute approximate surface area is 148 Å². The van der Waals surface area contributed by atoms with Gasteiger partial charge in [0.25, 0.3) is 5.09 Å². The van der Waals surface area contributed by atoms with Crippen LogP contribution in [-0.4, -0.2) is 24.8 Å². The number of nitrogens with zero attached hydrogens (tertiary/aromatic N) is 1. The second-order valence-electron chi connectivity index (χ2n) is 7.54. The summed E-state index contributed by atoms with van der Waals surface area (Å²) in [6, 6.07) is 8.34. The van der Waals surface area contributed by atoms with Crippen molar-refractivity contribution in [1.29, 1.82) is 0 Å². The van der Waals surface area contributed by atoms with E-state index < -0.39 is 5.09 Å². The van der Waals surface area contributed by atoms with Crippen LogP contribution in [0.25, 0.3) is 0 Å². The topological polar surface area (TPSA) is 87.6 Å². The lowest BCUT2D eigenvalue weighted by Gasteiger charge is -2.42. The largest absolute Gasteiger partial charge is 0.494 e. The zero-order valence-corrected chi connectivity index (χ0v) is 14.6. The molecular formula is C19H28N2O4. The van der Waals surface area contributed by atoms with Crippen molar-refractivity contribution in [3.63, 3.8) is 0 Å². The number of ether oxygens (including phenoxy) is 1. The Balaban J connectivity index is 1.52. The van der Waals surface area contributed by atoms with Gasteiger partial charge in [0.15, 0.2) is 0 Å². The van der Waals surface area contributed by atoms with Crippen LogP contribution in [0.2, 0.25) is 0 Å². The molecule has 6 heteroatoms. The molecule has 1 aromatic rings. The molecule has 0 aromatic heterocycles. The highest BCUT2D eigenvalue weighted by Gasteiger charge is 2.36. The van der Waals surface area contributed by atoms with E-state index >= 15 is 0 Å². The van der Waals surface area contributed by atoms with E-state index in [9.17, 15) is 10.1 Å². The van der Waals surface area contributed by atoms with E-state index in [4.69, 9.17) is 10.5 Å². The van der Waals surface area contributed by atoms with Crippen LogP contribution in [0.5, 0.6) is 5.75 Å². The van der Waals surface area contributed by atoms with Gasteiger partial charge in [-0.15, -0.1) is 10.1 Å². The van der Waals surface area contributed by atoms with Gasteiger partial charge < -0.3 is 15.3 Å². The smallest absolute Gasteiger partial charge is 0.294 e. The molecule has 25 heavy (non-hydrogen) atoms. The molecule has 0 saturated heterocycles. The summed E-state index contributed by atoms with van der Waals surface area (Å²) in [5.41, 5.74) is 7.25. The minimum Gasteiger partial charge on any atom is -0.494 e. The van der Waals surface area contributed by atoms with Gasteiger partial charge in [0.1, 0.15) is 5.75 Å². The summed E-state index contributed by atoms with van der Waals surface area (Å²) >= 11 is 0. The maximum absolute atomic E-state index is 10.1. The first kappa shape index (κ1) is 18.0. The molecule has 0 spiro atoms. The van der Waals surface area contributed by atoms with Crippen LogP contribution < -0.4 is 10.5 Å². The fourth-order valence-electron chi connectivity index (χ4n) is 4.70. The molecule has 2 aliphatic carbocycles. The molecule has 2 fully saturated rings. The summed E-state index contributed by atoms with van der Waals surface area (Å²) in [4.78, 5) is 14.4. The molecule has 2 aliphatic rings. The van der Waals surface area contributed by atoms with E-state index in [0.29, 0.717) is 18.9 Å². The molecule has 138 valence electrons. The Morgan fingerprint density at radius 1 is 1.12 bits per heavy atom. The van der Waals surface area contributed by atoms with Gasteiger partial charge in [0, 0.05) is 6.42 Å². The maximum Gasteiger partial charge on any atom is 0.294 e. The molecule has 0 heterocycles. The highest BCUT2D eigenvalue weighted by Crippen LogP contribution is 2.48. The highest BCUT2D eigenvalue weighted by molar-refractivity contribution is 5.31. The molecule has 3 rings (SSSR count). The zero-order chi connectivity index (χ0) is 17.6. The molecule has 2 N–H and O–H groups in total. The Morgan fingerprint density at radius 2 is 1.88 bits per heavy atom. The van der Waals surface area contributed by atoms with Crippen molar-refractivity contribution in [3.05, 3.63) is 39.9 Å². The van der Waals surface area contributed by atoms with Gasteiger partial charge in [-0.05, 0) is 80.0 Å². The summed E-state index contributed by atoms with van der Waals surface area (Å²) < 4.78 is 5.73. The Morgan fingerprint density at radius 3 is 2.56 bits per heavy atom. The Bertz CT molecular complexity index is 566. The van der Waals surface area contributed by atoms with Crippen molar-refractivity contribution in [2.24, 2.45) is 23.5 Å². The van der Waals surface area contributed by atoms with Crippen molar-refractivity contribution in [3.8, 4) is 5.75 Å². The van der Waals surface area contributed by atoms with Gasteiger partial charge in [-0.3, -0.25) is 0 Å². The summed E-state index contributed by atoms with van der Waals surface area (Å²) in [5.74, 6) is 3.81. The quantitative estimate of drug-likeness (QED) is 0.441. The van der Waals surface area contributed by atoms with Crippen molar-refractivity contribution < 1.29 is 14.7 Å². The minimum atomic E-state index is -0.768. The number of nitrogens with two attached hydrogens (primary N) is 1. The lowest BCUT2D eigenvalue weighted by Crippen LogP contribution is -2.33. The van der Waals surface area contributed by atoms with E-state index in [1.54, 1.807) is 0 Å². The monoisotopic (exact) mass is 348 g/mol. The number of benzene rings is 1. The summed E-state index contributed by atoms with van der Waals surface area (Å²) in [7, 11) is 0. The third-order valence-corrected chi connectivity index (χ3v) is 5.65. The van der Waals surface area contributed by atoms with Gasteiger partial charge in [-0.25, -0.2) is 0 Å². The predicted octanol–water partition coefficient (Wildman–Crippen LogP) is 3.53. The van der Waals surface area contributed by atoms with Crippen LogP contribution in [0.3, 0.4) is 0 Å². The molecule has 6 nitrogen and oxygen atoms in total. The third-order valence-electron chi connectivity index (χ3n) is 5.65.